The van der Waals surface area contributed by atoms with Gasteiger partial charge in [0.05, 0.1) is 5.56 Å². The summed E-state index contributed by atoms with van der Waals surface area (Å²) < 4.78 is 26.5. The average Bonchev–Trinajstić information content (AvgIpc) is 3.01. The molecule has 0 saturated carbocycles. The summed E-state index contributed by atoms with van der Waals surface area (Å²) in [7, 11) is 0. The van der Waals surface area contributed by atoms with E-state index in [1.807, 2.05) is 36.4 Å². The van der Waals surface area contributed by atoms with Gasteiger partial charge in [0, 0.05) is 22.3 Å². The number of esters is 4. The van der Waals surface area contributed by atoms with Crippen molar-refractivity contribution in [3.05, 3.63) is 109 Å². The normalized spacial score (nSPS) is 10.2. The van der Waals surface area contributed by atoms with Gasteiger partial charge in [-0.3, -0.25) is 0 Å². The number of benzene rings is 3. The summed E-state index contributed by atoms with van der Waals surface area (Å²) in [6.45, 7) is 15.1. The molecule has 3 rings (SSSR count). The van der Waals surface area contributed by atoms with Crippen LogP contribution in [0.3, 0.4) is 0 Å². The minimum Gasteiger partial charge on any atom is -0.489 e. The molecule has 0 heterocycles. The predicted molar refractivity (Wildman–Crippen MR) is 165 cm³/mol. The van der Waals surface area contributed by atoms with Gasteiger partial charge in [0.2, 0.25) is 0 Å². The average molecular weight is 599 g/mol. The molecule has 0 saturated heterocycles. The molecular formula is C35H34O9. The number of carbonyl (C=O) groups is 4. The standard InChI is InChI=1S/C35H34O9/c1-22(2)32(36)41-18-17-40-31-21-28(35(39)43-20-19-42-33(37)23(3)4)13-16-30(31)27-9-7-25(8-10-27)26-11-14-29(15-12-26)44-34(38)24(5)6/h7-16,21H,1,3,5,17-20H2,2,4,6H3. The van der Waals surface area contributed by atoms with Crippen molar-refractivity contribution in [2.24, 2.45) is 0 Å². The highest BCUT2D eigenvalue weighted by atomic mass is 16.6. The van der Waals surface area contributed by atoms with E-state index in [9.17, 15) is 19.2 Å². The molecule has 0 atom stereocenters. The van der Waals surface area contributed by atoms with Crippen LogP contribution in [0.5, 0.6) is 11.5 Å². The molecule has 0 aliphatic carbocycles. The Kier molecular flexibility index (Phi) is 11.8. The molecule has 0 radical (unpaired) electrons. The van der Waals surface area contributed by atoms with Gasteiger partial charge in [-0.25, -0.2) is 19.2 Å². The number of rotatable bonds is 14. The topological polar surface area (TPSA) is 114 Å². The molecule has 9 nitrogen and oxygen atoms in total. The van der Waals surface area contributed by atoms with E-state index in [4.69, 9.17) is 23.7 Å². The van der Waals surface area contributed by atoms with Gasteiger partial charge in [-0.2, -0.15) is 0 Å². The van der Waals surface area contributed by atoms with Gasteiger partial charge in [-0.05, 0) is 67.8 Å². The molecule has 0 unspecified atom stereocenters. The Bertz CT molecular complexity index is 1560. The molecule has 0 spiro atoms. The summed E-state index contributed by atoms with van der Waals surface area (Å²) in [6, 6.07) is 19.6. The van der Waals surface area contributed by atoms with E-state index >= 15 is 0 Å². The molecule has 9 heteroatoms. The maximum Gasteiger partial charge on any atom is 0.338 e. The number of carbonyl (C=O) groups excluding carboxylic acids is 4. The lowest BCUT2D eigenvalue weighted by molar-refractivity contribution is -0.140. The lowest BCUT2D eigenvalue weighted by atomic mass is 9.98. The molecule has 0 aliphatic heterocycles. The van der Waals surface area contributed by atoms with Crippen LogP contribution >= 0.6 is 0 Å². The highest BCUT2D eigenvalue weighted by Gasteiger charge is 2.15. The van der Waals surface area contributed by atoms with Crippen molar-refractivity contribution in [1.29, 1.82) is 0 Å². The molecule has 0 fully saturated rings. The molecule has 0 amide bonds. The molecule has 0 N–H and O–H groups in total. The van der Waals surface area contributed by atoms with Crippen LogP contribution in [-0.2, 0) is 28.6 Å². The summed E-state index contributed by atoms with van der Waals surface area (Å²) >= 11 is 0. The Labute approximate surface area is 256 Å². The van der Waals surface area contributed by atoms with E-state index in [-0.39, 0.29) is 43.1 Å². The van der Waals surface area contributed by atoms with Crippen molar-refractivity contribution in [2.75, 3.05) is 26.4 Å². The van der Waals surface area contributed by atoms with Crippen molar-refractivity contribution in [3.63, 3.8) is 0 Å². The first-order valence-electron chi connectivity index (χ1n) is 13.6. The monoisotopic (exact) mass is 598 g/mol. The highest BCUT2D eigenvalue weighted by Crippen LogP contribution is 2.33. The van der Waals surface area contributed by atoms with Crippen LogP contribution in [0.15, 0.2) is 103 Å². The largest absolute Gasteiger partial charge is 0.489 e. The fourth-order valence-electron chi connectivity index (χ4n) is 3.64. The second-order valence-corrected chi connectivity index (χ2v) is 9.80. The molecule has 0 aliphatic rings. The molecule has 228 valence electrons. The minimum absolute atomic E-state index is 0.0233. The van der Waals surface area contributed by atoms with Gasteiger partial charge in [-0.1, -0.05) is 56.1 Å². The maximum absolute atomic E-state index is 12.7. The molecule has 0 aromatic heterocycles. The summed E-state index contributed by atoms with van der Waals surface area (Å²) in [5.41, 5.74) is 4.38. The van der Waals surface area contributed by atoms with E-state index in [2.05, 4.69) is 19.7 Å². The second-order valence-electron chi connectivity index (χ2n) is 9.80. The van der Waals surface area contributed by atoms with Crippen molar-refractivity contribution in [3.8, 4) is 33.8 Å². The first-order valence-corrected chi connectivity index (χ1v) is 13.6. The van der Waals surface area contributed by atoms with Gasteiger partial charge in [0.1, 0.15) is 37.9 Å². The van der Waals surface area contributed by atoms with Crippen molar-refractivity contribution in [1.82, 2.24) is 0 Å². The second kappa shape index (κ2) is 15.7. The zero-order chi connectivity index (χ0) is 32.2. The van der Waals surface area contributed by atoms with Crippen molar-refractivity contribution >= 4 is 23.9 Å². The molecular weight excluding hydrogens is 564 g/mol. The van der Waals surface area contributed by atoms with Crippen LogP contribution in [-0.4, -0.2) is 50.3 Å². The predicted octanol–water partition coefficient (Wildman–Crippen LogP) is 6.28. The lowest BCUT2D eigenvalue weighted by Crippen LogP contribution is -2.15. The van der Waals surface area contributed by atoms with Crippen LogP contribution in [0.25, 0.3) is 22.3 Å². The third-order valence-corrected chi connectivity index (χ3v) is 5.98. The van der Waals surface area contributed by atoms with E-state index in [0.717, 1.165) is 16.7 Å². The fraction of sp³-hybridized carbons (Fsp3) is 0.200. The third-order valence-electron chi connectivity index (χ3n) is 5.98. The van der Waals surface area contributed by atoms with Crippen LogP contribution in [0, 0.1) is 0 Å². The zero-order valence-electron chi connectivity index (χ0n) is 25.0. The first-order chi connectivity index (χ1) is 21.0. The molecule has 0 bridgehead atoms. The van der Waals surface area contributed by atoms with Crippen molar-refractivity contribution < 1.29 is 42.9 Å². The van der Waals surface area contributed by atoms with Gasteiger partial charge in [0.25, 0.3) is 0 Å². The van der Waals surface area contributed by atoms with Gasteiger partial charge < -0.3 is 23.7 Å². The zero-order valence-corrected chi connectivity index (χ0v) is 25.0. The van der Waals surface area contributed by atoms with Crippen LogP contribution < -0.4 is 9.47 Å². The number of hydrogen-bond acceptors (Lipinski definition) is 9. The van der Waals surface area contributed by atoms with E-state index in [1.165, 1.54) is 13.0 Å². The molecule has 3 aromatic rings. The Morgan fingerprint density at radius 1 is 0.568 bits per heavy atom. The summed E-state index contributed by atoms with van der Waals surface area (Å²) in [5, 5.41) is 0. The van der Waals surface area contributed by atoms with E-state index < -0.39 is 23.9 Å². The first kappa shape index (κ1) is 33.1. The highest BCUT2D eigenvalue weighted by molar-refractivity contribution is 5.92. The summed E-state index contributed by atoms with van der Waals surface area (Å²) in [5.74, 6) is -1.43. The molecule has 3 aromatic carbocycles. The number of ether oxygens (including phenoxy) is 5. The SMILES string of the molecule is C=C(C)C(=O)OCCOC(=O)c1ccc(-c2ccc(-c3ccc(OC(=O)C(=C)C)cc3)cc2)c(OCCOC(=O)C(=C)C)c1. The van der Waals surface area contributed by atoms with Crippen LogP contribution in [0.4, 0.5) is 0 Å². The quantitative estimate of drug-likeness (QED) is 0.0696. The smallest absolute Gasteiger partial charge is 0.338 e. The third kappa shape index (κ3) is 9.55. The van der Waals surface area contributed by atoms with E-state index in [1.54, 1.807) is 38.1 Å². The van der Waals surface area contributed by atoms with Crippen LogP contribution in [0.2, 0.25) is 0 Å². The minimum atomic E-state index is -0.630. The fourth-order valence-corrected chi connectivity index (χ4v) is 3.64. The Balaban J connectivity index is 1.77. The Morgan fingerprint density at radius 2 is 1.05 bits per heavy atom. The Hall–Kier alpha value is -5.44. The summed E-state index contributed by atoms with van der Waals surface area (Å²) in [6.07, 6.45) is 0. The maximum atomic E-state index is 12.7. The molecule has 44 heavy (non-hydrogen) atoms. The number of hydrogen-bond donors (Lipinski definition) is 0. The van der Waals surface area contributed by atoms with Crippen molar-refractivity contribution in [2.45, 2.75) is 20.8 Å². The summed E-state index contributed by atoms with van der Waals surface area (Å²) in [4.78, 5) is 47.7. The van der Waals surface area contributed by atoms with Crippen LogP contribution in [0.1, 0.15) is 31.1 Å². The van der Waals surface area contributed by atoms with E-state index in [0.29, 0.717) is 22.6 Å². The lowest BCUT2D eigenvalue weighted by Gasteiger charge is -2.14. The Morgan fingerprint density at radius 3 is 1.59 bits per heavy atom. The van der Waals surface area contributed by atoms with Gasteiger partial charge in [-0.15, -0.1) is 0 Å². The van der Waals surface area contributed by atoms with Gasteiger partial charge >= 0.3 is 23.9 Å². The van der Waals surface area contributed by atoms with Gasteiger partial charge in [0.15, 0.2) is 0 Å².